The van der Waals surface area contributed by atoms with Gasteiger partial charge in [0.05, 0.1) is 39.9 Å². The van der Waals surface area contributed by atoms with E-state index >= 15 is 0 Å². The van der Waals surface area contributed by atoms with E-state index in [0.29, 0.717) is 50.9 Å². The van der Waals surface area contributed by atoms with Crippen molar-refractivity contribution < 1.29 is 13.2 Å². The molecule has 0 aliphatic carbocycles. The summed E-state index contributed by atoms with van der Waals surface area (Å²) in [5, 5.41) is 21.3. The topological polar surface area (TPSA) is 91.2 Å². The van der Waals surface area contributed by atoms with Crippen molar-refractivity contribution in [3.05, 3.63) is 180 Å². The van der Waals surface area contributed by atoms with Gasteiger partial charge in [-0.15, -0.1) is 0 Å². The second-order valence-electron chi connectivity index (χ2n) is 13.4. The Morgan fingerprint density at radius 1 is 0.456 bits per heavy atom. The maximum atomic E-state index is 14.1. The molecule has 0 aliphatic rings. The summed E-state index contributed by atoms with van der Waals surface area (Å²) >= 11 is 0. The number of nitriles is 2. The monoisotopic (exact) mass is 744 g/mol. The number of aromatic nitrogens is 4. The highest BCUT2D eigenvalue weighted by Gasteiger charge is 2.31. The smallest absolute Gasteiger partial charge is 0.309 e. The van der Waals surface area contributed by atoms with Crippen LogP contribution in [0.2, 0.25) is 0 Å². The second kappa shape index (κ2) is 14.1. The molecule has 0 radical (unpaired) electrons. The molecule has 9 heteroatoms. The maximum absolute atomic E-state index is 14.1. The van der Waals surface area contributed by atoms with Gasteiger partial charge in [-0.2, -0.15) is 23.7 Å². The van der Waals surface area contributed by atoms with Crippen LogP contribution in [0.25, 0.3) is 83.9 Å². The number of fused-ring (bicyclic) bond motifs is 3. The summed E-state index contributed by atoms with van der Waals surface area (Å²) in [6, 6.07) is 53.3. The third-order valence-electron chi connectivity index (χ3n) is 9.96. The van der Waals surface area contributed by atoms with Crippen molar-refractivity contribution in [2.24, 2.45) is 0 Å². The quantitative estimate of drug-likeness (QED) is 0.169. The van der Waals surface area contributed by atoms with Crippen LogP contribution in [0.15, 0.2) is 164 Å². The highest BCUT2D eigenvalue weighted by Crippen LogP contribution is 2.40. The number of benzene rings is 7. The molecule has 0 bridgehead atoms. The fourth-order valence-corrected chi connectivity index (χ4v) is 7.28. The van der Waals surface area contributed by atoms with E-state index in [1.165, 1.54) is 6.07 Å². The van der Waals surface area contributed by atoms with E-state index in [4.69, 9.17) is 15.0 Å². The van der Waals surface area contributed by atoms with Crippen molar-refractivity contribution >= 4 is 21.8 Å². The lowest BCUT2D eigenvalue weighted by Gasteiger charge is -2.16. The molecule has 57 heavy (non-hydrogen) atoms. The third kappa shape index (κ3) is 6.43. The van der Waals surface area contributed by atoms with Gasteiger partial charge in [-0.3, -0.25) is 0 Å². The molecule has 0 spiro atoms. The number of hydrogen-bond donors (Lipinski definition) is 0. The minimum Gasteiger partial charge on any atom is -0.309 e. The van der Waals surface area contributed by atoms with Gasteiger partial charge in [0, 0.05) is 33.2 Å². The van der Waals surface area contributed by atoms with Crippen LogP contribution in [0, 0.1) is 22.7 Å². The minimum absolute atomic E-state index is 0.296. The molecule has 9 rings (SSSR count). The summed E-state index contributed by atoms with van der Waals surface area (Å²) in [5.41, 5.74) is 6.98. The molecule has 2 heterocycles. The van der Waals surface area contributed by atoms with E-state index in [0.717, 1.165) is 56.3 Å². The van der Waals surface area contributed by atoms with Crippen LogP contribution in [0.4, 0.5) is 13.2 Å². The SMILES string of the molecule is N#Cc1ccc(-c2ccc3c(c2)c2ccccc2n3-c2ccc(-c3cccc(C(F)(F)F)c3)c(-c3nc(-c4ccccc4)nc(-c4ccccc4)n3)c2)c(C#N)c1. The summed E-state index contributed by atoms with van der Waals surface area (Å²) < 4.78 is 44.4. The highest BCUT2D eigenvalue weighted by atomic mass is 19.4. The van der Waals surface area contributed by atoms with Crippen molar-refractivity contribution in [2.75, 3.05) is 0 Å². The number of rotatable bonds is 6. The second-order valence-corrected chi connectivity index (χ2v) is 13.4. The standard InChI is InChI=1S/C48H27F3N6/c49-48(50,51)36-15-9-14-33(25-36)39-22-20-37(27-42(39)47-55-45(31-10-3-1-4-11-31)54-46(56-47)32-12-5-2-6-13-32)57-43-17-8-7-16-40(43)41-26-34(19-23-44(41)57)38-21-18-30(28-52)24-35(38)29-53/h1-27H. The molecule has 0 fully saturated rings. The summed E-state index contributed by atoms with van der Waals surface area (Å²) in [7, 11) is 0. The van der Waals surface area contributed by atoms with Gasteiger partial charge in [0.25, 0.3) is 0 Å². The average molecular weight is 745 g/mol. The van der Waals surface area contributed by atoms with E-state index < -0.39 is 11.7 Å². The molecule has 0 unspecified atom stereocenters. The molecule has 2 aromatic heterocycles. The molecule has 0 N–H and O–H groups in total. The molecule has 9 aromatic rings. The van der Waals surface area contributed by atoms with Crippen LogP contribution in [0.5, 0.6) is 0 Å². The summed E-state index contributed by atoms with van der Waals surface area (Å²) in [5.74, 6) is 1.14. The Hall–Kier alpha value is -7.88. The van der Waals surface area contributed by atoms with Crippen molar-refractivity contribution in [1.29, 1.82) is 10.5 Å². The fraction of sp³-hybridized carbons (Fsp3) is 0.0208. The van der Waals surface area contributed by atoms with Crippen LogP contribution >= 0.6 is 0 Å². The molecule has 0 saturated heterocycles. The summed E-state index contributed by atoms with van der Waals surface area (Å²) in [4.78, 5) is 14.8. The Morgan fingerprint density at radius 3 is 1.75 bits per heavy atom. The zero-order valence-electron chi connectivity index (χ0n) is 29.9. The maximum Gasteiger partial charge on any atom is 0.416 e. The van der Waals surface area contributed by atoms with Gasteiger partial charge < -0.3 is 4.57 Å². The summed E-state index contributed by atoms with van der Waals surface area (Å²) in [6.07, 6.45) is -4.54. The van der Waals surface area contributed by atoms with Gasteiger partial charge in [0.2, 0.25) is 0 Å². The predicted octanol–water partition coefficient (Wildman–Crippen LogP) is 12.1. The predicted molar refractivity (Wildman–Crippen MR) is 216 cm³/mol. The lowest BCUT2D eigenvalue weighted by Crippen LogP contribution is -2.05. The van der Waals surface area contributed by atoms with Crippen LogP contribution in [-0.4, -0.2) is 19.5 Å². The van der Waals surface area contributed by atoms with Gasteiger partial charge in [-0.25, -0.2) is 15.0 Å². The average Bonchev–Trinajstić information content (AvgIpc) is 3.60. The fourth-order valence-electron chi connectivity index (χ4n) is 7.28. The molecule has 0 amide bonds. The van der Waals surface area contributed by atoms with Crippen molar-refractivity contribution in [3.8, 4) is 74.2 Å². The van der Waals surface area contributed by atoms with Gasteiger partial charge in [0.15, 0.2) is 17.5 Å². The normalized spacial score (nSPS) is 11.4. The Balaban J connectivity index is 1.30. The molecule has 6 nitrogen and oxygen atoms in total. The van der Waals surface area contributed by atoms with E-state index in [1.807, 2.05) is 121 Å². The molecular weight excluding hydrogens is 718 g/mol. The largest absolute Gasteiger partial charge is 0.416 e. The van der Waals surface area contributed by atoms with E-state index in [-0.39, 0.29) is 0 Å². The zero-order valence-corrected chi connectivity index (χ0v) is 29.9. The van der Waals surface area contributed by atoms with Crippen LogP contribution < -0.4 is 0 Å². The number of hydrogen-bond acceptors (Lipinski definition) is 5. The highest BCUT2D eigenvalue weighted by molar-refractivity contribution is 6.10. The van der Waals surface area contributed by atoms with Crippen LogP contribution in [0.3, 0.4) is 0 Å². The van der Waals surface area contributed by atoms with E-state index in [1.54, 1.807) is 24.3 Å². The number of alkyl halides is 3. The Kier molecular flexibility index (Phi) is 8.61. The van der Waals surface area contributed by atoms with Gasteiger partial charge in [-0.05, 0) is 76.9 Å². The lowest BCUT2D eigenvalue weighted by atomic mass is 9.96. The number of para-hydroxylation sites is 1. The first-order valence-electron chi connectivity index (χ1n) is 18.0. The van der Waals surface area contributed by atoms with E-state index in [9.17, 15) is 23.7 Å². The first kappa shape index (κ1) is 34.9. The van der Waals surface area contributed by atoms with Gasteiger partial charge in [-0.1, -0.05) is 109 Å². The first-order valence-corrected chi connectivity index (χ1v) is 18.0. The molecule has 270 valence electrons. The summed E-state index contributed by atoms with van der Waals surface area (Å²) in [6.45, 7) is 0. The molecular formula is C48H27F3N6. The van der Waals surface area contributed by atoms with E-state index in [2.05, 4.69) is 16.7 Å². The molecule has 0 aliphatic heterocycles. The number of nitrogens with zero attached hydrogens (tertiary/aromatic N) is 6. The number of halogens is 3. The van der Waals surface area contributed by atoms with Crippen LogP contribution in [-0.2, 0) is 6.18 Å². The van der Waals surface area contributed by atoms with Crippen molar-refractivity contribution in [1.82, 2.24) is 19.5 Å². The Bertz CT molecular complexity index is 3030. The first-order chi connectivity index (χ1) is 27.8. The molecule has 0 saturated carbocycles. The molecule has 0 atom stereocenters. The van der Waals surface area contributed by atoms with Crippen molar-refractivity contribution in [2.45, 2.75) is 6.18 Å². The Labute approximate surface area is 325 Å². The van der Waals surface area contributed by atoms with Gasteiger partial charge >= 0.3 is 6.18 Å². The zero-order chi connectivity index (χ0) is 39.1. The third-order valence-corrected chi connectivity index (χ3v) is 9.96. The van der Waals surface area contributed by atoms with Crippen LogP contribution in [0.1, 0.15) is 16.7 Å². The van der Waals surface area contributed by atoms with Gasteiger partial charge in [0.1, 0.15) is 0 Å². The lowest BCUT2D eigenvalue weighted by molar-refractivity contribution is -0.137. The minimum atomic E-state index is -4.54. The van der Waals surface area contributed by atoms with Crippen molar-refractivity contribution in [3.63, 3.8) is 0 Å². The molecule has 7 aromatic carbocycles. The Morgan fingerprint density at radius 2 is 1.07 bits per heavy atom.